The van der Waals surface area contributed by atoms with Crippen molar-refractivity contribution in [2.75, 3.05) is 36.1 Å². The maximum Gasteiger partial charge on any atom is 0.416 e. The lowest BCUT2D eigenvalue weighted by molar-refractivity contribution is -0.137. The fourth-order valence-electron chi connectivity index (χ4n) is 4.07. The number of aromatic nitrogens is 2. The highest BCUT2D eigenvalue weighted by Gasteiger charge is 2.31. The van der Waals surface area contributed by atoms with Crippen molar-refractivity contribution < 1.29 is 13.2 Å². The van der Waals surface area contributed by atoms with Gasteiger partial charge in [-0.2, -0.15) is 18.3 Å². The van der Waals surface area contributed by atoms with E-state index in [-0.39, 0.29) is 5.56 Å². The molecule has 32 heavy (non-hydrogen) atoms. The number of anilines is 1. The van der Waals surface area contributed by atoms with Crippen molar-refractivity contribution in [2.45, 2.75) is 26.4 Å². The van der Waals surface area contributed by atoms with Crippen molar-refractivity contribution in [3.63, 3.8) is 0 Å². The number of hydrogen-bond donors (Lipinski definition) is 0. The molecule has 0 spiro atoms. The zero-order valence-electron chi connectivity index (χ0n) is 18.1. The van der Waals surface area contributed by atoms with Gasteiger partial charge in [0, 0.05) is 24.3 Å². The Morgan fingerprint density at radius 3 is 2.28 bits per heavy atom. The van der Waals surface area contributed by atoms with Gasteiger partial charge in [-0.25, -0.2) is 0 Å². The van der Waals surface area contributed by atoms with Crippen LogP contribution in [-0.4, -0.2) is 36.1 Å². The molecule has 168 valence electrons. The van der Waals surface area contributed by atoms with Crippen LogP contribution in [0.15, 0.2) is 59.4 Å². The second kappa shape index (κ2) is 8.68. The predicted molar refractivity (Wildman–Crippen MR) is 119 cm³/mol. The van der Waals surface area contributed by atoms with Crippen molar-refractivity contribution in [3.8, 4) is 0 Å². The summed E-state index contributed by atoms with van der Waals surface area (Å²) in [6.07, 6.45) is -3.73. The Hall–Kier alpha value is -3.29. The molecule has 0 radical (unpaired) electrons. The summed E-state index contributed by atoms with van der Waals surface area (Å²) in [4.78, 5) is 16.4. The van der Waals surface area contributed by atoms with E-state index >= 15 is 0 Å². The molecule has 0 amide bonds. The molecular formula is C24H25F3N4O. The van der Waals surface area contributed by atoms with Crippen molar-refractivity contribution >= 4 is 5.69 Å². The van der Waals surface area contributed by atoms with Gasteiger partial charge < -0.3 is 4.90 Å². The third-order valence-electron chi connectivity index (χ3n) is 5.92. The Labute approximate surface area is 184 Å². The van der Waals surface area contributed by atoms with E-state index in [0.717, 1.165) is 22.9 Å². The fraction of sp³-hybridized carbons (Fsp3) is 0.333. The second-order valence-electron chi connectivity index (χ2n) is 8.03. The minimum Gasteiger partial charge on any atom is -0.368 e. The van der Waals surface area contributed by atoms with Crippen LogP contribution in [0, 0.1) is 13.8 Å². The van der Waals surface area contributed by atoms with Gasteiger partial charge >= 0.3 is 6.18 Å². The lowest BCUT2D eigenvalue weighted by Crippen LogP contribution is -2.55. The molecule has 1 aromatic heterocycles. The molecule has 0 saturated carbocycles. The molecule has 0 unspecified atom stereocenters. The Morgan fingerprint density at radius 1 is 0.938 bits per heavy atom. The molecule has 8 heteroatoms. The smallest absolute Gasteiger partial charge is 0.368 e. The van der Waals surface area contributed by atoms with Gasteiger partial charge in [0.25, 0.3) is 5.56 Å². The van der Waals surface area contributed by atoms with Gasteiger partial charge in [-0.1, -0.05) is 36.4 Å². The van der Waals surface area contributed by atoms with Crippen LogP contribution in [0.3, 0.4) is 0 Å². The summed E-state index contributed by atoms with van der Waals surface area (Å²) in [6, 6.07) is 15.3. The Kier molecular flexibility index (Phi) is 5.95. The van der Waals surface area contributed by atoms with Gasteiger partial charge in [0.15, 0.2) is 0 Å². The SMILES string of the molecule is Cc1nn(N2CCN(c3cccc(C(F)(F)F)c3)CC2)c(=O)c(C)c1Cc1ccccc1. The molecule has 5 nitrogen and oxygen atoms in total. The summed E-state index contributed by atoms with van der Waals surface area (Å²) in [5.41, 5.74) is 3.23. The van der Waals surface area contributed by atoms with Gasteiger partial charge in [-0.05, 0) is 49.6 Å². The van der Waals surface area contributed by atoms with Crippen LogP contribution in [0.2, 0.25) is 0 Å². The molecule has 0 N–H and O–H groups in total. The van der Waals surface area contributed by atoms with Crippen LogP contribution >= 0.6 is 0 Å². The molecule has 0 aliphatic carbocycles. The second-order valence-corrected chi connectivity index (χ2v) is 8.03. The summed E-state index contributed by atoms with van der Waals surface area (Å²) in [5, 5.41) is 6.42. The van der Waals surface area contributed by atoms with E-state index in [1.165, 1.54) is 16.9 Å². The standard InChI is InChI=1S/C24H25F3N4O/c1-17-22(15-19-7-4-3-5-8-19)18(2)28-31(23(17)32)30-13-11-29(12-14-30)21-10-6-9-20(16-21)24(25,26)27/h3-10,16H,11-15H2,1-2H3. The maximum atomic E-state index is 13.1. The van der Waals surface area contributed by atoms with Crippen molar-refractivity contribution in [1.82, 2.24) is 9.89 Å². The number of halogens is 3. The first kappa shape index (κ1) is 21.9. The first-order valence-corrected chi connectivity index (χ1v) is 10.5. The van der Waals surface area contributed by atoms with Crippen molar-refractivity contribution in [3.05, 3.63) is 92.9 Å². The number of piperazine rings is 1. The minimum atomic E-state index is -4.37. The highest BCUT2D eigenvalue weighted by atomic mass is 19.4. The molecule has 3 aromatic rings. The number of hydrogen-bond acceptors (Lipinski definition) is 4. The Morgan fingerprint density at radius 2 is 1.62 bits per heavy atom. The van der Waals surface area contributed by atoms with Crippen molar-refractivity contribution in [2.24, 2.45) is 0 Å². The molecular weight excluding hydrogens is 417 g/mol. The van der Waals surface area contributed by atoms with E-state index in [2.05, 4.69) is 5.10 Å². The van der Waals surface area contributed by atoms with E-state index < -0.39 is 11.7 Å². The summed E-state index contributed by atoms with van der Waals surface area (Å²) >= 11 is 0. The average molecular weight is 442 g/mol. The number of nitrogens with zero attached hydrogens (tertiary/aromatic N) is 4. The van der Waals surface area contributed by atoms with Gasteiger partial charge in [0.1, 0.15) is 0 Å². The lowest BCUT2D eigenvalue weighted by Gasteiger charge is -2.37. The van der Waals surface area contributed by atoms with Crippen LogP contribution in [-0.2, 0) is 12.6 Å². The maximum absolute atomic E-state index is 13.1. The highest BCUT2D eigenvalue weighted by Crippen LogP contribution is 2.31. The van der Waals surface area contributed by atoms with Gasteiger partial charge in [-0.3, -0.25) is 9.80 Å². The van der Waals surface area contributed by atoms with Crippen LogP contribution in [0.5, 0.6) is 0 Å². The number of alkyl halides is 3. The van der Waals surface area contributed by atoms with E-state index in [0.29, 0.717) is 43.9 Å². The first-order valence-electron chi connectivity index (χ1n) is 10.5. The largest absolute Gasteiger partial charge is 0.416 e. The molecule has 2 heterocycles. The van der Waals surface area contributed by atoms with E-state index in [1.54, 1.807) is 6.07 Å². The topological polar surface area (TPSA) is 41.4 Å². The molecule has 0 atom stereocenters. The molecule has 2 aromatic carbocycles. The highest BCUT2D eigenvalue weighted by molar-refractivity contribution is 5.50. The van der Waals surface area contributed by atoms with E-state index in [1.807, 2.05) is 54.1 Å². The zero-order chi connectivity index (χ0) is 22.9. The Bertz CT molecular complexity index is 1150. The van der Waals surface area contributed by atoms with Gasteiger partial charge in [-0.15, -0.1) is 4.79 Å². The normalized spacial score (nSPS) is 14.7. The summed E-state index contributed by atoms with van der Waals surface area (Å²) in [5.74, 6) is 0. The van der Waals surface area contributed by atoms with E-state index in [9.17, 15) is 18.0 Å². The third-order valence-corrected chi connectivity index (χ3v) is 5.92. The van der Waals surface area contributed by atoms with E-state index in [4.69, 9.17) is 0 Å². The molecule has 1 aliphatic heterocycles. The van der Waals surface area contributed by atoms with Gasteiger partial charge in [0.2, 0.25) is 0 Å². The number of benzene rings is 2. The summed E-state index contributed by atoms with van der Waals surface area (Å²) in [7, 11) is 0. The molecule has 0 bridgehead atoms. The predicted octanol–water partition coefficient (Wildman–Crippen LogP) is 3.93. The average Bonchev–Trinajstić information content (AvgIpc) is 2.79. The number of aryl methyl sites for hydroxylation is 1. The van der Waals surface area contributed by atoms with Crippen LogP contribution in [0.1, 0.15) is 27.9 Å². The van der Waals surface area contributed by atoms with Crippen LogP contribution in [0.4, 0.5) is 18.9 Å². The quantitative estimate of drug-likeness (QED) is 0.614. The first-order chi connectivity index (χ1) is 15.2. The monoisotopic (exact) mass is 442 g/mol. The summed E-state index contributed by atoms with van der Waals surface area (Å²) in [6.45, 7) is 5.70. The molecule has 1 saturated heterocycles. The molecule has 1 aliphatic rings. The van der Waals surface area contributed by atoms with Gasteiger partial charge in [0.05, 0.1) is 24.3 Å². The number of rotatable bonds is 4. The Balaban J connectivity index is 1.51. The lowest BCUT2D eigenvalue weighted by atomic mass is 10.0. The van der Waals surface area contributed by atoms with Crippen LogP contribution in [0.25, 0.3) is 0 Å². The summed E-state index contributed by atoms with van der Waals surface area (Å²) < 4.78 is 39.1. The fourth-order valence-corrected chi connectivity index (χ4v) is 4.07. The zero-order valence-corrected chi connectivity index (χ0v) is 18.1. The molecule has 4 rings (SSSR count). The van der Waals surface area contributed by atoms with Crippen LogP contribution < -0.4 is 15.5 Å². The molecule has 1 fully saturated rings. The minimum absolute atomic E-state index is 0.158. The third kappa shape index (κ3) is 4.49. The van der Waals surface area contributed by atoms with Crippen molar-refractivity contribution in [1.29, 1.82) is 0 Å².